The first-order valence-electron chi connectivity index (χ1n) is 4.75. The van der Waals surface area contributed by atoms with E-state index in [9.17, 15) is 13.2 Å². The first-order chi connectivity index (χ1) is 7.79. The van der Waals surface area contributed by atoms with E-state index >= 15 is 0 Å². The number of thioether (sulfide) groups is 1. The van der Waals surface area contributed by atoms with Crippen LogP contribution in [0.1, 0.15) is 11.4 Å². The number of halogens is 4. The van der Waals surface area contributed by atoms with E-state index in [1.807, 2.05) is 0 Å². The molecule has 0 aliphatic rings. The number of nitrogens with one attached hydrogen (secondary N) is 1. The molecule has 0 radical (unpaired) electrons. The summed E-state index contributed by atoms with van der Waals surface area (Å²) in [5.41, 5.74) is -3.56. The predicted octanol–water partition coefficient (Wildman–Crippen LogP) is 3.41. The number of rotatable bonds is 4. The molecule has 0 atom stereocenters. The first kappa shape index (κ1) is 14.4. The van der Waals surface area contributed by atoms with Gasteiger partial charge in [-0.3, -0.25) is 0 Å². The Balaban J connectivity index is 2.52. The second kappa shape index (κ2) is 5.77. The monoisotopic (exact) mass is 285 g/mol. The van der Waals surface area contributed by atoms with Gasteiger partial charge in [0.2, 0.25) is 0 Å². The molecule has 0 fully saturated rings. The molecule has 0 unspecified atom stereocenters. The second-order valence-electron chi connectivity index (χ2n) is 3.26. The number of hydrogen-bond acceptors (Lipinski definition) is 4. The summed E-state index contributed by atoms with van der Waals surface area (Å²) in [6.45, 7) is 3.54. The number of aromatic nitrogens is 2. The Kier molecular flexibility index (Phi) is 4.88. The van der Waals surface area contributed by atoms with E-state index in [0.29, 0.717) is 22.4 Å². The third-order valence-electron chi connectivity index (χ3n) is 1.86. The number of nitrogens with zero attached hydrogens (tertiary/aromatic N) is 2. The molecule has 0 bridgehead atoms. The first-order valence-corrected chi connectivity index (χ1v) is 6.11. The number of aryl methyl sites for hydroxylation is 1. The molecule has 8 heteroatoms. The van der Waals surface area contributed by atoms with E-state index in [2.05, 4.69) is 15.3 Å². The molecule has 17 heavy (non-hydrogen) atoms. The normalized spacial score (nSPS) is 11.6. The van der Waals surface area contributed by atoms with E-state index in [1.165, 1.54) is 0 Å². The second-order valence-corrected chi connectivity index (χ2v) is 4.77. The van der Waals surface area contributed by atoms with Crippen molar-refractivity contribution in [2.24, 2.45) is 0 Å². The minimum atomic E-state index is -4.20. The van der Waals surface area contributed by atoms with Gasteiger partial charge in [0.15, 0.2) is 0 Å². The fourth-order valence-corrected chi connectivity index (χ4v) is 1.75. The highest BCUT2D eigenvalue weighted by Crippen LogP contribution is 2.29. The minimum absolute atomic E-state index is 0.0718. The van der Waals surface area contributed by atoms with E-state index < -0.39 is 5.51 Å². The maximum atomic E-state index is 11.9. The molecule has 0 saturated heterocycles. The van der Waals surface area contributed by atoms with Crippen LogP contribution < -0.4 is 5.32 Å². The van der Waals surface area contributed by atoms with Crippen molar-refractivity contribution in [3.8, 4) is 0 Å². The van der Waals surface area contributed by atoms with Crippen molar-refractivity contribution in [3.05, 3.63) is 16.5 Å². The third-order valence-corrected chi connectivity index (χ3v) is 2.96. The third kappa shape index (κ3) is 4.99. The SMILES string of the molecule is Cc1nc(Cl)c(C)c(NCCSC(F)(F)F)n1. The van der Waals surface area contributed by atoms with Gasteiger partial charge in [-0.05, 0) is 25.6 Å². The summed E-state index contributed by atoms with van der Waals surface area (Å²) in [7, 11) is 0. The lowest BCUT2D eigenvalue weighted by atomic mass is 10.3. The molecule has 0 amide bonds. The molecule has 1 heterocycles. The Morgan fingerprint density at radius 3 is 2.53 bits per heavy atom. The average molecular weight is 286 g/mol. The predicted molar refractivity (Wildman–Crippen MR) is 63.5 cm³/mol. The van der Waals surface area contributed by atoms with Crippen molar-refractivity contribution in [2.75, 3.05) is 17.6 Å². The Labute approximate surface area is 106 Å². The molecular formula is C9H11ClF3N3S. The van der Waals surface area contributed by atoms with E-state index in [1.54, 1.807) is 13.8 Å². The fourth-order valence-electron chi connectivity index (χ4n) is 1.10. The maximum absolute atomic E-state index is 11.9. The Morgan fingerprint density at radius 1 is 1.29 bits per heavy atom. The molecule has 0 saturated carbocycles. The smallest absolute Gasteiger partial charge is 0.369 e. The highest BCUT2D eigenvalue weighted by Gasteiger charge is 2.27. The summed E-state index contributed by atoms with van der Waals surface area (Å²) < 4.78 is 35.6. The van der Waals surface area contributed by atoms with Gasteiger partial charge in [-0.25, -0.2) is 9.97 Å². The van der Waals surface area contributed by atoms with Gasteiger partial charge in [0.1, 0.15) is 16.8 Å². The van der Waals surface area contributed by atoms with Crippen LogP contribution in [-0.2, 0) is 0 Å². The minimum Gasteiger partial charge on any atom is -0.369 e. The van der Waals surface area contributed by atoms with Crippen LogP contribution in [0.15, 0.2) is 0 Å². The molecular weight excluding hydrogens is 275 g/mol. The average Bonchev–Trinajstić information content (AvgIpc) is 2.18. The highest BCUT2D eigenvalue weighted by molar-refractivity contribution is 8.00. The molecule has 1 rings (SSSR count). The Hall–Kier alpha value is -0.690. The number of alkyl halides is 3. The zero-order valence-corrected chi connectivity index (χ0v) is 10.8. The van der Waals surface area contributed by atoms with Crippen LogP contribution >= 0.6 is 23.4 Å². The largest absolute Gasteiger partial charge is 0.441 e. The van der Waals surface area contributed by atoms with Gasteiger partial charge in [0.25, 0.3) is 0 Å². The summed E-state index contributed by atoms with van der Waals surface area (Å²) in [6, 6.07) is 0. The molecule has 0 aliphatic carbocycles. The molecule has 1 aromatic rings. The van der Waals surface area contributed by atoms with E-state index in [4.69, 9.17) is 11.6 Å². The van der Waals surface area contributed by atoms with E-state index in [0.717, 1.165) is 0 Å². The zero-order chi connectivity index (χ0) is 13.1. The fraction of sp³-hybridized carbons (Fsp3) is 0.556. The van der Waals surface area contributed by atoms with Crippen molar-refractivity contribution < 1.29 is 13.2 Å². The molecule has 0 spiro atoms. The standard InChI is InChI=1S/C9H11ClF3N3S/c1-5-7(10)15-6(2)16-8(5)14-3-4-17-9(11,12)13/h3-4H2,1-2H3,(H,14,15,16). The van der Waals surface area contributed by atoms with Crippen LogP contribution in [0.2, 0.25) is 5.15 Å². The summed E-state index contributed by atoms with van der Waals surface area (Å²) in [5.74, 6) is 0.876. The van der Waals surface area contributed by atoms with E-state index in [-0.39, 0.29) is 24.1 Å². The van der Waals surface area contributed by atoms with Crippen LogP contribution in [0, 0.1) is 13.8 Å². The number of hydrogen-bond donors (Lipinski definition) is 1. The lowest BCUT2D eigenvalue weighted by molar-refractivity contribution is -0.0327. The maximum Gasteiger partial charge on any atom is 0.441 e. The Bertz CT molecular complexity index is 398. The van der Waals surface area contributed by atoms with Gasteiger partial charge in [-0.15, -0.1) is 0 Å². The summed E-state index contributed by atoms with van der Waals surface area (Å²) in [5, 5.41) is 3.12. The zero-order valence-electron chi connectivity index (χ0n) is 9.23. The number of anilines is 1. The highest BCUT2D eigenvalue weighted by atomic mass is 35.5. The van der Waals surface area contributed by atoms with Gasteiger partial charge in [0, 0.05) is 17.9 Å². The summed E-state index contributed by atoms with van der Waals surface area (Å²) in [4.78, 5) is 8.00. The van der Waals surface area contributed by atoms with Gasteiger partial charge >= 0.3 is 5.51 Å². The lowest BCUT2D eigenvalue weighted by Gasteiger charge is -2.10. The van der Waals surface area contributed by atoms with Crippen LogP contribution in [0.3, 0.4) is 0 Å². The topological polar surface area (TPSA) is 37.8 Å². The van der Waals surface area contributed by atoms with Crippen molar-refractivity contribution >= 4 is 29.2 Å². The van der Waals surface area contributed by atoms with Gasteiger partial charge in [-0.1, -0.05) is 11.6 Å². The molecule has 0 aromatic carbocycles. The van der Waals surface area contributed by atoms with Crippen LogP contribution in [0.4, 0.5) is 19.0 Å². The van der Waals surface area contributed by atoms with Gasteiger partial charge in [-0.2, -0.15) is 13.2 Å². The molecule has 96 valence electrons. The quantitative estimate of drug-likeness (QED) is 0.679. The van der Waals surface area contributed by atoms with Crippen molar-refractivity contribution in [1.82, 2.24) is 9.97 Å². The van der Waals surface area contributed by atoms with Gasteiger partial charge in [0.05, 0.1) is 0 Å². The summed E-state index contributed by atoms with van der Waals surface area (Å²) >= 11 is 5.76. The van der Waals surface area contributed by atoms with Crippen LogP contribution in [0.25, 0.3) is 0 Å². The van der Waals surface area contributed by atoms with Gasteiger partial charge < -0.3 is 5.32 Å². The molecule has 1 N–H and O–H groups in total. The summed E-state index contributed by atoms with van der Waals surface area (Å²) in [6.07, 6.45) is 0. The van der Waals surface area contributed by atoms with Crippen LogP contribution in [-0.4, -0.2) is 27.8 Å². The van der Waals surface area contributed by atoms with Crippen molar-refractivity contribution in [2.45, 2.75) is 19.4 Å². The molecule has 1 aromatic heterocycles. The van der Waals surface area contributed by atoms with Crippen molar-refractivity contribution in [3.63, 3.8) is 0 Å². The lowest BCUT2D eigenvalue weighted by Crippen LogP contribution is -2.12. The van der Waals surface area contributed by atoms with Crippen LogP contribution in [0.5, 0.6) is 0 Å². The molecule has 3 nitrogen and oxygen atoms in total. The van der Waals surface area contributed by atoms with Crippen molar-refractivity contribution in [1.29, 1.82) is 0 Å². The molecule has 0 aliphatic heterocycles. The Morgan fingerprint density at radius 2 is 1.94 bits per heavy atom.